The van der Waals surface area contributed by atoms with Crippen molar-refractivity contribution in [2.24, 2.45) is 0 Å². The van der Waals surface area contributed by atoms with E-state index in [1.807, 2.05) is 0 Å². The highest BCUT2D eigenvalue weighted by Crippen LogP contribution is 2.36. The van der Waals surface area contributed by atoms with Gasteiger partial charge in [0.2, 0.25) is 0 Å². The van der Waals surface area contributed by atoms with Crippen LogP contribution in [-0.4, -0.2) is 24.2 Å². The Balaban J connectivity index is 1.77. The average Bonchev–Trinajstić information content (AvgIpc) is 2.48. The molecule has 1 amide bonds. The normalized spacial score (nSPS) is 10.4. The van der Waals surface area contributed by atoms with Gasteiger partial charge >= 0.3 is 0 Å². The fraction of sp³-hybridized carbons (Fsp3) is 0.188. The summed E-state index contributed by atoms with van der Waals surface area (Å²) in [7, 11) is 0. The molecule has 0 aromatic heterocycles. The third-order valence-electron chi connectivity index (χ3n) is 2.94. The predicted octanol–water partition coefficient (Wildman–Crippen LogP) is 4.19. The Morgan fingerprint density at radius 3 is 2.57 bits per heavy atom. The fourth-order valence-corrected chi connectivity index (χ4v) is 2.69. The molecule has 0 aliphatic carbocycles. The van der Waals surface area contributed by atoms with Gasteiger partial charge in [-0.15, -0.1) is 12.6 Å². The number of phenolic OH excluding ortho intramolecular Hbond substituents is 1. The molecular formula is C16H15Cl2NO3S. The van der Waals surface area contributed by atoms with Crippen molar-refractivity contribution in [3.05, 3.63) is 52.0 Å². The van der Waals surface area contributed by atoms with Gasteiger partial charge in [0.25, 0.3) is 5.91 Å². The number of ether oxygens (including phenoxy) is 1. The molecule has 0 saturated heterocycles. The molecule has 2 aromatic rings. The second-order valence-electron chi connectivity index (χ2n) is 4.75. The number of carbonyl (C=O) groups is 1. The lowest BCUT2D eigenvalue weighted by Crippen LogP contribution is -2.25. The van der Waals surface area contributed by atoms with Crippen molar-refractivity contribution in [1.29, 1.82) is 0 Å². The zero-order valence-electron chi connectivity index (χ0n) is 12.1. The summed E-state index contributed by atoms with van der Waals surface area (Å²) in [4.78, 5) is 12.7. The molecule has 2 aromatic carbocycles. The number of amides is 1. The van der Waals surface area contributed by atoms with Gasteiger partial charge in [-0.1, -0.05) is 29.3 Å². The summed E-state index contributed by atoms with van der Waals surface area (Å²) in [5.74, 6) is 0.132. The maximum atomic E-state index is 11.9. The van der Waals surface area contributed by atoms with E-state index in [2.05, 4.69) is 17.9 Å². The maximum Gasteiger partial charge on any atom is 0.251 e. The van der Waals surface area contributed by atoms with Crippen LogP contribution in [0, 0.1) is 0 Å². The Morgan fingerprint density at radius 1 is 1.22 bits per heavy atom. The van der Waals surface area contributed by atoms with E-state index in [4.69, 9.17) is 27.9 Å². The van der Waals surface area contributed by atoms with E-state index < -0.39 is 0 Å². The number of phenols is 1. The molecule has 0 atom stereocenters. The van der Waals surface area contributed by atoms with E-state index in [1.54, 1.807) is 24.3 Å². The highest BCUT2D eigenvalue weighted by molar-refractivity contribution is 7.80. The average molecular weight is 372 g/mol. The number of aromatic hydroxyl groups is 1. The summed E-state index contributed by atoms with van der Waals surface area (Å²) >= 11 is 16.1. The summed E-state index contributed by atoms with van der Waals surface area (Å²) in [5.41, 5.74) is 0.558. The number of hydrogen-bond acceptors (Lipinski definition) is 4. The van der Waals surface area contributed by atoms with E-state index >= 15 is 0 Å². The molecule has 0 aliphatic rings. The van der Waals surface area contributed by atoms with Gasteiger partial charge in [0.15, 0.2) is 5.75 Å². The fourth-order valence-electron chi connectivity index (χ4n) is 1.88. The van der Waals surface area contributed by atoms with Gasteiger partial charge < -0.3 is 15.2 Å². The van der Waals surface area contributed by atoms with E-state index in [0.717, 1.165) is 4.90 Å². The monoisotopic (exact) mass is 371 g/mol. The molecule has 2 rings (SSSR count). The van der Waals surface area contributed by atoms with Crippen molar-refractivity contribution in [2.45, 2.75) is 11.3 Å². The van der Waals surface area contributed by atoms with Crippen LogP contribution >= 0.6 is 35.8 Å². The second-order valence-corrected chi connectivity index (χ2v) is 6.08. The SMILES string of the molecule is O=C(NCCCOc1c(Cl)cc(O)cc1Cl)c1cccc(S)c1. The Labute approximate surface area is 149 Å². The van der Waals surface area contributed by atoms with E-state index in [0.29, 0.717) is 30.9 Å². The molecule has 122 valence electrons. The van der Waals surface area contributed by atoms with Crippen LogP contribution in [0.3, 0.4) is 0 Å². The summed E-state index contributed by atoms with van der Waals surface area (Å²) in [6, 6.07) is 9.71. The standard InChI is InChI=1S/C16H15Cl2NO3S/c17-13-8-11(20)9-14(18)15(13)22-6-2-5-19-16(21)10-3-1-4-12(23)7-10/h1,3-4,7-9,20,23H,2,5-6H2,(H,19,21). The van der Waals surface area contributed by atoms with Crippen molar-refractivity contribution in [1.82, 2.24) is 5.32 Å². The van der Waals surface area contributed by atoms with Crippen LogP contribution in [0.1, 0.15) is 16.8 Å². The molecular weight excluding hydrogens is 357 g/mol. The number of nitrogens with one attached hydrogen (secondary N) is 1. The first-order valence-electron chi connectivity index (χ1n) is 6.85. The smallest absolute Gasteiger partial charge is 0.251 e. The van der Waals surface area contributed by atoms with Crippen molar-refractivity contribution in [3.8, 4) is 11.5 Å². The summed E-state index contributed by atoms with van der Waals surface area (Å²) < 4.78 is 5.49. The third kappa shape index (κ3) is 5.23. The van der Waals surface area contributed by atoms with Gasteiger partial charge in [-0.25, -0.2) is 0 Å². The van der Waals surface area contributed by atoms with Crippen molar-refractivity contribution >= 4 is 41.7 Å². The van der Waals surface area contributed by atoms with Crippen LogP contribution in [0.25, 0.3) is 0 Å². The molecule has 4 nitrogen and oxygen atoms in total. The lowest BCUT2D eigenvalue weighted by molar-refractivity contribution is 0.0951. The zero-order valence-corrected chi connectivity index (χ0v) is 14.5. The minimum Gasteiger partial charge on any atom is -0.508 e. The number of benzene rings is 2. The van der Waals surface area contributed by atoms with E-state index in [9.17, 15) is 9.90 Å². The van der Waals surface area contributed by atoms with Gasteiger partial charge in [-0.3, -0.25) is 4.79 Å². The largest absolute Gasteiger partial charge is 0.508 e. The first kappa shape index (κ1) is 17.8. The first-order chi connectivity index (χ1) is 11.0. The molecule has 23 heavy (non-hydrogen) atoms. The molecule has 0 heterocycles. The highest BCUT2D eigenvalue weighted by Gasteiger charge is 2.09. The van der Waals surface area contributed by atoms with Gasteiger partial charge in [0.05, 0.1) is 16.7 Å². The molecule has 0 saturated carbocycles. The zero-order chi connectivity index (χ0) is 16.8. The number of carbonyl (C=O) groups excluding carboxylic acids is 1. The minimum absolute atomic E-state index is 0.0222. The lowest BCUT2D eigenvalue weighted by atomic mass is 10.2. The topological polar surface area (TPSA) is 58.6 Å². The molecule has 0 spiro atoms. The maximum absolute atomic E-state index is 11.9. The second kappa shape index (κ2) is 8.34. The van der Waals surface area contributed by atoms with Crippen LogP contribution in [-0.2, 0) is 0 Å². The molecule has 0 fully saturated rings. The molecule has 0 unspecified atom stereocenters. The quantitative estimate of drug-likeness (QED) is 0.527. The third-order valence-corrected chi connectivity index (χ3v) is 3.78. The minimum atomic E-state index is -0.165. The lowest BCUT2D eigenvalue weighted by Gasteiger charge is -2.11. The van der Waals surface area contributed by atoms with Crippen LogP contribution in [0.5, 0.6) is 11.5 Å². The predicted molar refractivity (Wildman–Crippen MR) is 94.3 cm³/mol. The summed E-state index contributed by atoms with van der Waals surface area (Å²) in [5, 5.41) is 12.6. The number of rotatable bonds is 6. The Hall–Kier alpha value is -1.56. The van der Waals surface area contributed by atoms with Gasteiger partial charge in [-0.2, -0.15) is 0 Å². The Morgan fingerprint density at radius 2 is 1.91 bits per heavy atom. The van der Waals surface area contributed by atoms with Crippen LogP contribution in [0.4, 0.5) is 0 Å². The van der Waals surface area contributed by atoms with Crippen LogP contribution in [0.2, 0.25) is 10.0 Å². The van der Waals surface area contributed by atoms with E-state index in [-0.39, 0.29) is 21.7 Å². The van der Waals surface area contributed by atoms with Crippen molar-refractivity contribution in [3.63, 3.8) is 0 Å². The van der Waals surface area contributed by atoms with Gasteiger partial charge in [0.1, 0.15) is 5.75 Å². The van der Waals surface area contributed by atoms with Crippen molar-refractivity contribution in [2.75, 3.05) is 13.2 Å². The first-order valence-corrected chi connectivity index (χ1v) is 8.05. The Bertz CT molecular complexity index is 686. The van der Waals surface area contributed by atoms with Crippen LogP contribution in [0.15, 0.2) is 41.3 Å². The molecule has 0 radical (unpaired) electrons. The summed E-state index contributed by atoms with van der Waals surface area (Å²) in [6.07, 6.45) is 0.583. The van der Waals surface area contributed by atoms with Crippen LogP contribution < -0.4 is 10.1 Å². The van der Waals surface area contributed by atoms with Gasteiger partial charge in [0, 0.05) is 29.1 Å². The molecule has 0 aliphatic heterocycles. The molecule has 7 heteroatoms. The number of hydrogen-bond donors (Lipinski definition) is 3. The van der Waals surface area contributed by atoms with Gasteiger partial charge in [-0.05, 0) is 24.6 Å². The summed E-state index contributed by atoms with van der Waals surface area (Å²) in [6.45, 7) is 0.778. The van der Waals surface area contributed by atoms with Crippen molar-refractivity contribution < 1.29 is 14.6 Å². The molecule has 0 bridgehead atoms. The van der Waals surface area contributed by atoms with E-state index in [1.165, 1.54) is 12.1 Å². The molecule has 2 N–H and O–H groups in total. The number of halogens is 2. The number of thiol groups is 1. The highest BCUT2D eigenvalue weighted by atomic mass is 35.5. The Kier molecular flexibility index (Phi) is 6.45.